The average Bonchev–Trinajstić information content (AvgIpc) is 2.92. The number of aryl methyl sites for hydroxylation is 1. The van der Waals surface area contributed by atoms with Crippen LogP contribution in [0, 0.1) is 0 Å². The summed E-state index contributed by atoms with van der Waals surface area (Å²) in [6, 6.07) is 17.6. The Hall–Kier alpha value is -1.58. The van der Waals surface area contributed by atoms with Gasteiger partial charge in [-0.2, -0.15) is 0 Å². The number of nitrogens with one attached hydrogen (secondary N) is 2. The number of aromatic nitrogens is 1. The van der Waals surface area contributed by atoms with Crippen molar-refractivity contribution in [2.75, 3.05) is 0 Å². The van der Waals surface area contributed by atoms with Crippen LogP contribution < -0.4 is 5.32 Å². The van der Waals surface area contributed by atoms with E-state index in [9.17, 15) is 0 Å². The zero-order valence-electron chi connectivity index (χ0n) is 12.4. The molecular weight excluding hydrogens is 336 g/mol. The second kappa shape index (κ2) is 5.90. The van der Waals surface area contributed by atoms with E-state index in [4.69, 9.17) is 0 Å². The Morgan fingerprint density at radius 1 is 1.14 bits per heavy atom. The summed E-state index contributed by atoms with van der Waals surface area (Å²) in [6.45, 7) is 0.921. The van der Waals surface area contributed by atoms with Crippen molar-refractivity contribution in [3.05, 3.63) is 69.8 Å². The Bertz CT molecular complexity index is 792. The molecule has 2 aromatic carbocycles. The molecule has 1 atom stereocenters. The van der Waals surface area contributed by atoms with Gasteiger partial charge in [0, 0.05) is 33.7 Å². The Labute approximate surface area is 139 Å². The highest BCUT2D eigenvalue weighted by molar-refractivity contribution is 9.10. The number of rotatable bonds is 3. The lowest BCUT2D eigenvalue weighted by Gasteiger charge is -2.24. The first-order valence-electron chi connectivity index (χ1n) is 7.88. The minimum Gasteiger partial charge on any atom is -0.357 e. The standard InChI is InChI=1S/C19H19BrN2/c20-14-9-10-17-16(11-14)15-7-4-8-18(19(15)22-17)21-12-13-5-2-1-3-6-13/h1-3,5-6,9-11,18,21-22H,4,7-8,12H2/t18-/m1/s1. The van der Waals surface area contributed by atoms with Gasteiger partial charge in [-0.1, -0.05) is 46.3 Å². The van der Waals surface area contributed by atoms with Crippen molar-refractivity contribution in [3.63, 3.8) is 0 Å². The minimum absolute atomic E-state index is 0.426. The number of aromatic amines is 1. The molecule has 1 aliphatic rings. The lowest BCUT2D eigenvalue weighted by Crippen LogP contribution is -2.24. The first-order chi connectivity index (χ1) is 10.8. The number of halogens is 1. The summed E-state index contributed by atoms with van der Waals surface area (Å²) in [4.78, 5) is 3.65. The van der Waals surface area contributed by atoms with Crippen molar-refractivity contribution in [2.45, 2.75) is 31.8 Å². The van der Waals surface area contributed by atoms with Gasteiger partial charge < -0.3 is 10.3 Å². The predicted octanol–water partition coefficient (Wildman–Crippen LogP) is 5.10. The molecule has 0 aliphatic heterocycles. The largest absolute Gasteiger partial charge is 0.357 e. The molecule has 0 amide bonds. The lowest BCUT2D eigenvalue weighted by atomic mass is 9.91. The van der Waals surface area contributed by atoms with E-state index in [0.717, 1.165) is 11.0 Å². The summed E-state index contributed by atoms with van der Waals surface area (Å²) >= 11 is 3.59. The fourth-order valence-electron chi connectivity index (χ4n) is 3.48. The molecule has 112 valence electrons. The quantitative estimate of drug-likeness (QED) is 0.672. The molecule has 2 N–H and O–H groups in total. The van der Waals surface area contributed by atoms with E-state index in [1.165, 1.54) is 47.0 Å². The average molecular weight is 355 g/mol. The summed E-state index contributed by atoms with van der Waals surface area (Å²) in [6.07, 6.45) is 3.63. The third-order valence-corrected chi connectivity index (χ3v) is 5.06. The fourth-order valence-corrected chi connectivity index (χ4v) is 3.84. The third kappa shape index (κ3) is 2.59. The monoisotopic (exact) mass is 354 g/mol. The molecule has 1 heterocycles. The van der Waals surface area contributed by atoms with Crippen molar-refractivity contribution < 1.29 is 0 Å². The van der Waals surface area contributed by atoms with Crippen LogP contribution in [0.25, 0.3) is 10.9 Å². The summed E-state index contributed by atoms with van der Waals surface area (Å²) < 4.78 is 1.15. The van der Waals surface area contributed by atoms with Crippen LogP contribution in [-0.4, -0.2) is 4.98 Å². The molecule has 0 saturated carbocycles. The number of benzene rings is 2. The van der Waals surface area contributed by atoms with Gasteiger partial charge in [-0.25, -0.2) is 0 Å². The molecule has 4 rings (SSSR count). The highest BCUT2D eigenvalue weighted by Crippen LogP contribution is 2.35. The smallest absolute Gasteiger partial charge is 0.0478 e. The molecule has 0 fully saturated rings. The molecule has 0 saturated heterocycles. The van der Waals surface area contributed by atoms with Gasteiger partial charge in [-0.05, 0) is 48.6 Å². The minimum atomic E-state index is 0.426. The highest BCUT2D eigenvalue weighted by atomic mass is 79.9. The third-order valence-electron chi connectivity index (χ3n) is 4.56. The van der Waals surface area contributed by atoms with Crippen molar-refractivity contribution in [2.24, 2.45) is 0 Å². The molecule has 3 aromatic rings. The van der Waals surface area contributed by atoms with Gasteiger partial charge in [0.25, 0.3) is 0 Å². The van der Waals surface area contributed by atoms with Crippen molar-refractivity contribution >= 4 is 26.8 Å². The van der Waals surface area contributed by atoms with Gasteiger partial charge in [-0.3, -0.25) is 0 Å². The van der Waals surface area contributed by atoms with Crippen LogP contribution in [0.1, 0.15) is 35.7 Å². The first-order valence-corrected chi connectivity index (χ1v) is 8.68. The van der Waals surface area contributed by atoms with Crippen LogP contribution in [0.2, 0.25) is 0 Å². The zero-order chi connectivity index (χ0) is 14.9. The topological polar surface area (TPSA) is 27.8 Å². The van der Waals surface area contributed by atoms with Gasteiger partial charge >= 0.3 is 0 Å². The molecule has 0 spiro atoms. The Morgan fingerprint density at radius 2 is 2.00 bits per heavy atom. The maximum Gasteiger partial charge on any atom is 0.0478 e. The van der Waals surface area contributed by atoms with E-state index in [2.05, 4.69) is 74.8 Å². The lowest BCUT2D eigenvalue weighted by molar-refractivity contribution is 0.452. The Balaban J connectivity index is 1.63. The van der Waals surface area contributed by atoms with Crippen molar-refractivity contribution in [1.29, 1.82) is 0 Å². The molecule has 1 aliphatic carbocycles. The summed E-state index contributed by atoms with van der Waals surface area (Å²) in [5.41, 5.74) is 5.47. The van der Waals surface area contributed by atoms with E-state index < -0.39 is 0 Å². The number of hydrogen-bond acceptors (Lipinski definition) is 1. The van der Waals surface area contributed by atoms with Crippen LogP contribution in [-0.2, 0) is 13.0 Å². The van der Waals surface area contributed by atoms with Crippen LogP contribution in [0.5, 0.6) is 0 Å². The summed E-state index contributed by atoms with van der Waals surface area (Å²) in [5, 5.41) is 5.10. The second-order valence-electron chi connectivity index (χ2n) is 6.02. The second-order valence-corrected chi connectivity index (χ2v) is 6.93. The Kier molecular flexibility index (Phi) is 3.77. The number of fused-ring (bicyclic) bond motifs is 3. The van der Waals surface area contributed by atoms with E-state index in [-0.39, 0.29) is 0 Å². The number of H-pyrrole nitrogens is 1. The normalized spacial score (nSPS) is 17.6. The van der Waals surface area contributed by atoms with Gasteiger partial charge in [0.2, 0.25) is 0 Å². The van der Waals surface area contributed by atoms with Gasteiger partial charge in [0.1, 0.15) is 0 Å². The van der Waals surface area contributed by atoms with E-state index in [1.807, 2.05) is 0 Å². The summed E-state index contributed by atoms with van der Waals surface area (Å²) in [7, 11) is 0. The van der Waals surface area contributed by atoms with Gasteiger partial charge in [0.05, 0.1) is 0 Å². The van der Waals surface area contributed by atoms with E-state index in [1.54, 1.807) is 0 Å². The van der Waals surface area contributed by atoms with Gasteiger partial charge in [0.15, 0.2) is 0 Å². The molecule has 0 bridgehead atoms. The predicted molar refractivity (Wildman–Crippen MR) is 95.0 cm³/mol. The van der Waals surface area contributed by atoms with Crippen LogP contribution in [0.4, 0.5) is 0 Å². The van der Waals surface area contributed by atoms with Crippen molar-refractivity contribution in [3.8, 4) is 0 Å². The molecule has 0 unspecified atom stereocenters. The maximum absolute atomic E-state index is 3.73. The molecule has 22 heavy (non-hydrogen) atoms. The van der Waals surface area contributed by atoms with Crippen molar-refractivity contribution in [1.82, 2.24) is 10.3 Å². The fraction of sp³-hybridized carbons (Fsp3) is 0.263. The molecule has 3 heteroatoms. The van der Waals surface area contributed by atoms with Crippen LogP contribution in [0.15, 0.2) is 53.0 Å². The summed E-state index contributed by atoms with van der Waals surface area (Å²) in [5.74, 6) is 0. The highest BCUT2D eigenvalue weighted by Gasteiger charge is 2.23. The molecular formula is C19H19BrN2. The van der Waals surface area contributed by atoms with Crippen LogP contribution in [0.3, 0.4) is 0 Å². The first kappa shape index (κ1) is 14.0. The number of hydrogen-bond donors (Lipinski definition) is 2. The zero-order valence-corrected chi connectivity index (χ0v) is 14.0. The Morgan fingerprint density at radius 3 is 2.86 bits per heavy atom. The van der Waals surface area contributed by atoms with Gasteiger partial charge in [-0.15, -0.1) is 0 Å². The van der Waals surface area contributed by atoms with E-state index in [0.29, 0.717) is 6.04 Å². The SMILES string of the molecule is Brc1ccc2[nH]c3c(c2c1)CCC[C@H]3NCc1ccccc1. The molecule has 0 radical (unpaired) electrons. The van der Waals surface area contributed by atoms with Crippen LogP contribution >= 0.6 is 15.9 Å². The molecule has 2 nitrogen and oxygen atoms in total. The molecule has 1 aromatic heterocycles. The maximum atomic E-state index is 3.73. The van der Waals surface area contributed by atoms with E-state index >= 15 is 0 Å².